The average Bonchev–Trinajstić information content (AvgIpc) is 2.93. The largest absolute Gasteiger partial charge is 0.507 e. The van der Waals surface area contributed by atoms with Crippen LogP contribution in [-0.4, -0.2) is 53.8 Å². The minimum Gasteiger partial charge on any atom is -0.507 e. The summed E-state index contributed by atoms with van der Waals surface area (Å²) < 4.78 is 13.3. The summed E-state index contributed by atoms with van der Waals surface area (Å²) >= 11 is 0. The van der Waals surface area contributed by atoms with Gasteiger partial charge in [-0.25, -0.2) is 4.39 Å². The fraction of sp³-hybridized carbons (Fsp3) is 0.304. The van der Waals surface area contributed by atoms with Gasteiger partial charge in [0.25, 0.3) is 11.7 Å². The molecule has 0 saturated carbocycles. The fourth-order valence-corrected chi connectivity index (χ4v) is 3.65. The van der Waals surface area contributed by atoms with E-state index < -0.39 is 23.5 Å². The summed E-state index contributed by atoms with van der Waals surface area (Å²) in [7, 11) is 3.89. The van der Waals surface area contributed by atoms with Crippen molar-refractivity contribution in [1.82, 2.24) is 9.80 Å². The van der Waals surface area contributed by atoms with Gasteiger partial charge < -0.3 is 14.9 Å². The van der Waals surface area contributed by atoms with E-state index >= 15 is 0 Å². The molecule has 1 unspecified atom stereocenters. The Morgan fingerprint density at radius 1 is 1.10 bits per heavy atom. The van der Waals surface area contributed by atoms with Gasteiger partial charge in [0.15, 0.2) is 0 Å². The molecule has 1 saturated heterocycles. The van der Waals surface area contributed by atoms with Crippen LogP contribution in [0, 0.1) is 12.7 Å². The van der Waals surface area contributed by atoms with Crippen LogP contribution in [0.2, 0.25) is 0 Å². The van der Waals surface area contributed by atoms with Crippen LogP contribution in [0.5, 0.6) is 0 Å². The highest BCUT2D eigenvalue weighted by atomic mass is 19.1. The predicted octanol–water partition coefficient (Wildman–Crippen LogP) is 3.51. The van der Waals surface area contributed by atoms with Crippen LogP contribution >= 0.6 is 0 Å². The third-order valence-electron chi connectivity index (χ3n) is 5.15. The van der Waals surface area contributed by atoms with Gasteiger partial charge >= 0.3 is 0 Å². The standard InChI is InChI=1S/C23H25FN2O3/c1-15-7-4-5-8-18(15)20-19(21(27)16-9-11-17(24)12-10-16)22(28)23(29)26(20)14-6-13-25(2)3/h4-5,7-12,20,27H,6,13-14H2,1-3H3/b21-19-. The van der Waals surface area contributed by atoms with E-state index in [1.54, 1.807) is 0 Å². The van der Waals surface area contributed by atoms with Crippen LogP contribution in [0.25, 0.3) is 5.76 Å². The van der Waals surface area contributed by atoms with Crippen molar-refractivity contribution in [1.29, 1.82) is 0 Å². The molecule has 0 spiro atoms. The maximum atomic E-state index is 13.3. The van der Waals surface area contributed by atoms with E-state index in [4.69, 9.17) is 0 Å². The topological polar surface area (TPSA) is 60.9 Å². The molecule has 1 fully saturated rings. The van der Waals surface area contributed by atoms with Gasteiger partial charge in [-0.15, -0.1) is 0 Å². The summed E-state index contributed by atoms with van der Waals surface area (Å²) in [6.07, 6.45) is 0.693. The zero-order valence-corrected chi connectivity index (χ0v) is 16.9. The molecule has 0 bridgehead atoms. The fourth-order valence-electron chi connectivity index (χ4n) is 3.65. The normalized spacial score (nSPS) is 18.7. The smallest absolute Gasteiger partial charge is 0.295 e. The summed E-state index contributed by atoms with van der Waals surface area (Å²) in [5.41, 5.74) is 2.05. The van der Waals surface area contributed by atoms with Gasteiger partial charge in [-0.3, -0.25) is 9.59 Å². The lowest BCUT2D eigenvalue weighted by atomic mass is 9.92. The molecular formula is C23H25FN2O3. The number of halogens is 1. The van der Waals surface area contributed by atoms with Crippen molar-refractivity contribution in [3.8, 4) is 0 Å². The zero-order valence-electron chi connectivity index (χ0n) is 16.9. The molecule has 0 radical (unpaired) electrons. The lowest BCUT2D eigenvalue weighted by Gasteiger charge is -2.27. The molecule has 1 amide bonds. The van der Waals surface area contributed by atoms with Gasteiger partial charge in [-0.05, 0) is 69.4 Å². The first-order valence-electron chi connectivity index (χ1n) is 9.56. The molecule has 2 aromatic carbocycles. The SMILES string of the molecule is Cc1ccccc1C1/C(=C(/O)c2ccc(F)cc2)C(=O)C(=O)N1CCCN(C)C. The van der Waals surface area contributed by atoms with Crippen LogP contribution in [0.1, 0.15) is 29.2 Å². The predicted molar refractivity (Wildman–Crippen MR) is 110 cm³/mol. The molecule has 5 nitrogen and oxygen atoms in total. The molecule has 1 aliphatic heterocycles. The second kappa shape index (κ2) is 8.57. The highest BCUT2D eigenvalue weighted by Crippen LogP contribution is 2.40. The first-order chi connectivity index (χ1) is 13.8. The van der Waals surface area contributed by atoms with Gasteiger partial charge in [-0.2, -0.15) is 0 Å². The highest BCUT2D eigenvalue weighted by Gasteiger charge is 2.46. The highest BCUT2D eigenvalue weighted by molar-refractivity contribution is 6.46. The van der Waals surface area contributed by atoms with Crippen molar-refractivity contribution < 1.29 is 19.1 Å². The number of benzene rings is 2. The summed E-state index contributed by atoms with van der Waals surface area (Å²) in [5, 5.41) is 10.9. The Kier molecular flexibility index (Phi) is 6.13. The van der Waals surface area contributed by atoms with Gasteiger partial charge in [-0.1, -0.05) is 24.3 Å². The van der Waals surface area contributed by atoms with E-state index in [1.807, 2.05) is 50.2 Å². The Morgan fingerprint density at radius 2 is 1.76 bits per heavy atom. The number of rotatable bonds is 6. The number of ketones is 1. The number of aryl methyl sites for hydroxylation is 1. The number of amides is 1. The van der Waals surface area contributed by atoms with Crippen molar-refractivity contribution in [2.45, 2.75) is 19.4 Å². The molecule has 6 heteroatoms. The molecule has 1 heterocycles. The van der Waals surface area contributed by atoms with Crippen molar-refractivity contribution in [3.63, 3.8) is 0 Å². The molecule has 1 N–H and O–H groups in total. The van der Waals surface area contributed by atoms with Gasteiger partial charge in [0, 0.05) is 12.1 Å². The summed E-state index contributed by atoms with van der Waals surface area (Å²) in [6, 6.07) is 12.1. The Morgan fingerprint density at radius 3 is 2.38 bits per heavy atom. The van der Waals surface area contributed by atoms with Crippen LogP contribution in [-0.2, 0) is 9.59 Å². The second-order valence-corrected chi connectivity index (χ2v) is 7.51. The molecule has 0 aromatic heterocycles. The van der Waals surface area contributed by atoms with Crippen molar-refractivity contribution >= 4 is 17.4 Å². The minimum absolute atomic E-state index is 0.0424. The number of aliphatic hydroxyl groups excluding tert-OH is 1. The second-order valence-electron chi connectivity index (χ2n) is 7.51. The van der Waals surface area contributed by atoms with E-state index in [-0.39, 0.29) is 11.3 Å². The molecule has 1 atom stereocenters. The lowest BCUT2D eigenvalue weighted by molar-refractivity contribution is -0.139. The number of carbonyl (C=O) groups excluding carboxylic acids is 2. The van der Waals surface area contributed by atoms with Crippen LogP contribution in [0.4, 0.5) is 4.39 Å². The average molecular weight is 396 g/mol. The van der Waals surface area contributed by atoms with Gasteiger partial charge in [0.1, 0.15) is 11.6 Å². The first-order valence-corrected chi connectivity index (χ1v) is 9.56. The van der Waals surface area contributed by atoms with E-state index in [0.717, 1.165) is 17.7 Å². The molecular weight excluding hydrogens is 371 g/mol. The maximum absolute atomic E-state index is 13.3. The Hall–Kier alpha value is -2.99. The third-order valence-corrected chi connectivity index (χ3v) is 5.15. The van der Waals surface area contributed by atoms with E-state index in [0.29, 0.717) is 18.5 Å². The summed E-state index contributed by atoms with van der Waals surface area (Å²) in [6.45, 7) is 3.07. The number of hydrogen-bond donors (Lipinski definition) is 1. The van der Waals surface area contributed by atoms with Crippen LogP contribution in [0.15, 0.2) is 54.1 Å². The quantitative estimate of drug-likeness (QED) is 0.461. The lowest BCUT2D eigenvalue weighted by Crippen LogP contribution is -2.32. The van der Waals surface area contributed by atoms with Crippen molar-refractivity contribution in [3.05, 3.63) is 76.6 Å². The van der Waals surface area contributed by atoms with Crippen molar-refractivity contribution in [2.75, 3.05) is 27.2 Å². The van der Waals surface area contributed by atoms with E-state index in [1.165, 1.54) is 29.2 Å². The molecule has 1 aliphatic rings. The molecule has 29 heavy (non-hydrogen) atoms. The molecule has 2 aromatic rings. The Balaban J connectivity index is 2.11. The third kappa shape index (κ3) is 4.22. The molecule has 0 aliphatic carbocycles. The molecule has 3 rings (SSSR count). The van der Waals surface area contributed by atoms with Gasteiger partial charge in [0.2, 0.25) is 0 Å². The minimum atomic E-state index is -0.718. The monoisotopic (exact) mass is 396 g/mol. The number of nitrogens with zero attached hydrogens (tertiary/aromatic N) is 2. The Bertz CT molecular complexity index is 951. The number of Topliss-reactive ketones (excluding diaryl/α,β-unsaturated/α-hetero) is 1. The van der Waals surface area contributed by atoms with Crippen LogP contribution in [0.3, 0.4) is 0 Å². The van der Waals surface area contributed by atoms with Gasteiger partial charge in [0.05, 0.1) is 11.6 Å². The summed E-state index contributed by atoms with van der Waals surface area (Å²) in [5.74, 6) is -2.07. The van der Waals surface area contributed by atoms with Crippen molar-refractivity contribution in [2.24, 2.45) is 0 Å². The number of aliphatic hydroxyl groups is 1. The zero-order chi connectivity index (χ0) is 21.1. The number of hydrogen-bond acceptors (Lipinski definition) is 4. The maximum Gasteiger partial charge on any atom is 0.295 e. The number of likely N-dealkylation sites (tertiary alicyclic amines) is 1. The first kappa shape index (κ1) is 20.7. The summed E-state index contributed by atoms with van der Waals surface area (Å²) in [4.78, 5) is 29.3. The molecule has 152 valence electrons. The van der Waals surface area contributed by atoms with E-state index in [9.17, 15) is 19.1 Å². The van der Waals surface area contributed by atoms with Crippen LogP contribution < -0.4 is 0 Å². The number of carbonyl (C=O) groups is 2. The Labute approximate surface area is 170 Å². The van der Waals surface area contributed by atoms with E-state index in [2.05, 4.69) is 0 Å².